The van der Waals surface area contributed by atoms with E-state index in [0.29, 0.717) is 29.5 Å². The molecule has 6 fully saturated rings. The number of aliphatic hydroxyl groups excluding tert-OH is 1. The summed E-state index contributed by atoms with van der Waals surface area (Å²) < 4.78 is 7.09. The number of ketones is 1. The molecule has 2 saturated heterocycles. The summed E-state index contributed by atoms with van der Waals surface area (Å²) >= 11 is 0. The summed E-state index contributed by atoms with van der Waals surface area (Å²) in [6, 6.07) is 0. The number of fused-ring (bicyclic) bond motifs is 3. The highest BCUT2D eigenvalue weighted by Gasteiger charge is 2.75. The molecule has 4 unspecified atom stereocenters. The third-order valence-corrected chi connectivity index (χ3v) is 10.7. The number of hydrogen-bond acceptors (Lipinski definition) is 4. The Morgan fingerprint density at radius 3 is 2.61 bits per heavy atom. The van der Waals surface area contributed by atoms with Gasteiger partial charge in [0, 0.05) is 36.8 Å². The van der Waals surface area contributed by atoms with Gasteiger partial charge in [-0.25, -0.2) is 0 Å². The van der Waals surface area contributed by atoms with E-state index < -0.39 is 0 Å². The van der Waals surface area contributed by atoms with E-state index in [9.17, 15) is 9.90 Å². The highest BCUT2D eigenvalue weighted by atomic mass is 16.5. The molecule has 4 saturated carbocycles. The predicted molar refractivity (Wildman–Crippen MR) is 107 cm³/mol. The summed E-state index contributed by atoms with van der Waals surface area (Å²) in [5.74, 6) is 2.86. The van der Waals surface area contributed by atoms with E-state index in [1.54, 1.807) is 0 Å². The topological polar surface area (TPSA) is 49.8 Å². The lowest BCUT2D eigenvalue weighted by Gasteiger charge is -2.63. The van der Waals surface area contributed by atoms with E-state index in [0.717, 1.165) is 51.6 Å². The Balaban J connectivity index is 1.43. The number of likely N-dealkylation sites (tertiary alicyclic amines) is 1. The smallest absolute Gasteiger partial charge is 0.139 e. The van der Waals surface area contributed by atoms with Crippen LogP contribution in [0.4, 0.5) is 0 Å². The van der Waals surface area contributed by atoms with Crippen molar-refractivity contribution < 1.29 is 14.6 Å². The van der Waals surface area contributed by atoms with Gasteiger partial charge in [-0.15, -0.1) is 0 Å². The first-order valence-electron chi connectivity index (χ1n) is 12.0. The normalized spacial score (nSPS) is 58.5. The fraction of sp³-hybridized carbons (Fsp3) is 0.958. The number of hydrogen-bond donors (Lipinski definition) is 1. The van der Waals surface area contributed by atoms with E-state index in [-0.39, 0.29) is 28.8 Å². The standard InChI is InChI=1S/C24H37NO3/c1-22-9-8-18-16(17(22)6-7-21(22)27)13-20-19-12-15(26)14-24(28-20,23(18,19)2)25-10-4-3-5-11-25/h15-20,26H,3-14H2,1-2H3/t15?,16-,17-,18+,19?,20?,22-,23+,24?/m0/s1. The number of Topliss-reactive ketones (excluding diaryl/α,β-unsaturated/α-hetero) is 1. The van der Waals surface area contributed by atoms with Gasteiger partial charge < -0.3 is 9.84 Å². The van der Waals surface area contributed by atoms with Gasteiger partial charge in [0.05, 0.1) is 12.2 Å². The molecule has 4 heteroatoms. The van der Waals surface area contributed by atoms with Crippen molar-refractivity contribution in [3.8, 4) is 0 Å². The van der Waals surface area contributed by atoms with E-state index in [1.165, 1.54) is 25.7 Å². The van der Waals surface area contributed by atoms with Crippen LogP contribution in [-0.2, 0) is 9.53 Å². The molecule has 0 aromatic heterocycles. The van der Waals surface area contributed by atoms with E-state index in [2.05, 4.69) is 18.7 Å². The molecule has 0 amide bonds. The molecule has 6 aliphatic rings. The Hall–Kier alpha value is -0.450. The number of aliphatic hydroxyl groups is 1. The van der Waals surface area contributed by atoms with Gasteiger partial charge in [0.15, 0.2) is 0 Å². The van der Waals surface area contributed by atoms with Crippen molar-refractivity contribution in [1.82, 2.24) is 4.90 Å². The first-order valence-corrected chi connectivity index (χ1v) is 12.0. The zero-order valence-electron chi connectivity index (χ0n) is 17.7. The molecule has 4 nitrogen and oxygen atoms in total. The van der Waals surface area contributed by atoms with Gasteiger partial charge in [-0.05, 0) is 68.6 Å². The van der Waals surface area contributed by atoms with E-state index >= 15 is 0 Å². The van der Waals surface area contributed by atoms with Gasteiger partial charge >= 0.3 is 0 Å². The Morgan fingerprint density at radius 2 is 1.82 bits per heavy atom. The van der Waals surface area contributed by atoms with Crippen LogP contribution in [0.15, 0.2) is 0 Å². The van der Waals surface area contributed by atoms with Crippen LogP contribution in [0.1, 0.15) is 78.1 Å². The first-order chi connectivity index (χ1) is 13.4. The third-order valence-electron chi connectivity index (χ3n) is 10.7. The van der Waals surface area contributed by atoms with E-state index in [4.69, 9.17) is 4.74 Å². The molecule has 9 atom stereocenters. The predicted octanol–water partition coefficient (Wildman–Crippen LogP) is 3.76. The van der Waals surface area contributed by atoms with Crippen molar-refractivity contribution in [1.29, 1.82) is 0 Å². The van der Waals surface area contributed by atoms with Gasteiger partial charge in [0.1, 0.15) is 11.5 Å². The maximum Gasteiger partial charge on any atom is 0.139 e. The highest BCUT2D eigenvalue weighted by molar-refractivity contribution is 5.87. The Labute approximate surface area is 169 Å². The summed E-state index contributed by atoms with van der Waals surface area (Å²) in [5, 5.41) is 10.8. The molecule has 4 aliphatic carbocycles. The maximum absolute atomic E-state index is 12.7. The van der Waals surface area contributed by atoms with Gasteiger partial charge in [0.2, 0.25) is 0 Å². The Bertz CT molecular complexity index is 689. The van der Waals surface area contributed by atoms with Crippen LogP contribution in [-0.4, -0.2) is 46.8 Å². The number of ether oxygens (including phenoxy) is 1. The fourth-order valence-corrected chi connectivity index (χ4v) is 9.47. The molecule has 4 bridgehead atoms. The van der Waals surface area contributed by atoms with Gasteiger partial charge in [-0.1, -0.05) is 20.3 Å². The average molecular weight is 388 g/mol. The third kappa shape index (κ3) is 2.01. The van der Waals surface area contributed by atoms with E-state index in [1.807, 2.05) is 0 Å². The highest BCUT2D eigenvalue weighted by Crippen LogP contribution is 2.73. The lowest BCUT2D eigenvalue weighted by atomic mass is 9.43. The number of piperidine rings is 1. The Kier molecular flexibility index (Phi) is 3.81. The monoisotopic (exact) mass is 387 g/mol. The molecule has 0 aromatic rings. The average Bonchev–Trinajstić information content (AvgIpc) is 2.98. The largest absolute Gasteiger partial charge is 0.393 e. The lowest BCUT2D eigenvalue weighted by Crippen LogP contribution is -2.67. The van der Waals surface area contributed by atoms with Crippen molar-refractivity contribution in [2.45, 2.75) is 96.0 Å². The summed E-state index contributed by atoms with van der Waals surface area (Å²) in [4.78, 5) is 15.4. The van der Waals surface area contributed by atoms with Gasteiger partial charge in [-0.3, -0.25) is 9.69 Å². The Morgan fingerprint density at radius 1 is 1.04 bits per heavy atom. The molecule has 1 N–H and O–H groups in total. The van der Waals surface area contributed by atoms with Crippen LogP contribution in [0.25, 0.3) is 0 Å². The van der Waals surface area contributed by atoms with Gasteiger partial charge in [-0.2, -0.15) is 0 Å². The lowest BCUT2D eigenvalue weighted by molar-refractivity contribution is -0.232. The zero-order valence-corrected chi connectivity index (χ0v) is 17.7. The molecule has 0 aromatic carbocycles. The molecule has 6 rings (SSSR count). The van der Waals surface area contributed by atoms with Crippen LogP contribution < -0.4 is 0 Å². The fourth-order valence-electron chi connectivity index (χ4n) is 9.47. The minimum atomic E-state index is -0.268. The summed E-state index contributed by atoms with van der Waals surface area (Å²) in [7, 11) is 0. The number of nitrogens with zero attached hydrogens (tertiary/aromatic N) is 1. The molecular weight excluding hydrogens is 350 g/mol. The van der Waals surface area contributed by atoms with Crippen molar-refractivity contribution in [3.05, 3.63) is 0 Å². The second kappa shape index (κ2) is 5.82. The molecule has 0 radical (unpaired) electrons. The summed E-state index contributed by atoms with van der Waals surface area (Å²) in [5.41, 5.74) is -0.207. The number of carbonyl (C=O) groups is 1. The first kappa shape index (κ1) is 18.3. The van der Waals surface area contributed by atoms with Crippen molar-refractivity contribution >= 4 is 5.78 Å². The summed E-state index contributed by atoms with van der Waals surface area (Å²) in [6.07, 6.45) is 10.9. The molecule has 0 spiro atoms. The van der Waals surface area contributed by atoms with Crippen LogP contribution >= 0.6 is 0 Å². The molecule has 156 valence electrons. The number of carbonyl (C=O) groups excluding carboxylic acids is 1. The molecule has 28 heavy (non-hydrogen) atoms. The molecule has 2 aliphatic heterocycles. The summed E-state index contributed by atoms with van der Waals surface area (Å²) in [6.45, 7) is 7.06. The maximum atomic E-state index is 12.7. The van der Waals surface area contributed by atoms with Crippen LogP contribution in [0.3, 0.4) is 0 Å². The second-order valence-electron chi connectivity index (χ2n) is 11.5. The quantitative estimate of drug-likeness (QED) is 0.744. The minimum Gasteiger partial charge on any atom is -0.393 e. The van der Waals surface area contributed by atoms with Crippen LogP contribution in [0.5, 0.6) is 0 Å². The SMILES string of the molecule is C[C@@]12C3CC(O)CC1(N1CCCCC1)OC3C[C@@H]1[C@H]2CC[C@]2(C)C(=O)CC[C@@H]12. The number of rotatable bonds is 1. The molecular formula is C24H37NO3. The van der Waals surface area contributed by atoms with Crippen LogP contribution in [0.2, 0.25) is 0 Å². The zero-order chi connectivity index (χ0) is 19.3. The van der Waals surface area contributed by atoms with Crippen molar-refractivity contribution in [2.75, 3.05) is 13.1 Å². The molecule has 2 heterocycles. The van der Waals surface area contributed by atoms with Crippen molar-refractivity contribution in [3.63, 3.8) is 0 Å². The van der Waals surface area contributed by atoms with Crippen molar-refractivity contribution in [2.24, 2.45) is 34.5 Å². The van der Waals surface area contributed by atoms with Crippen LogP contribution in [0, 0.1) is 34.5 Å². The minimum absolute atomic E-state index is 0.0682. The second-order valence-corrected chi connectivity index (χ2v) is 11.5. The van der Waals surface area contributed by atoms with Gasteiger partial charge in [0.25, 0.3) is 0 Å².